The molecule has 14 heteroatoms. The molecule has 194 valence electrons. The van der Waals surface area contributed by atoms with Gasteiger partial charge in [0.15, 0.2) is 5.84 Å². The van der Waals surface area contributed by atoms with Gasteiger partial charge >= 0.3 is 18.4 Å². The Kier molecular flexibility index (Phi) is 5.69. The third-order valence-corrected chi connectivity index (χ3v) is 7.28. The maximum atomic E-state index is 14.3. The van der Waals surface area contributed by atoms with Gasteiger partial charge in [0.2, 0.25) is 5.91 Å². The van der Waals surface area contributed by atoms with E-state index in [1.54, 1.807) is 30.4 Å². The first-order valence-corrected chi connectivity index (χ1v) is 11.8. The van der Waals surface area contributed by atoms with Crippen molar-refractivity contribution in [2.75, 3.05) is 6.54 Å². The number of H-pyrrole nitrogens is 1. The van der Waals surface area contributed by atoms with Crippen molar-refractivity contribution in [2.24, 2.45) is 15.9 Å². The molecule has 2 aliphatic heterocycles. The lowest BCUT2D eigenvalue weighted by molar-refractivity contribution is -0.302. The Morgan fingerprint density at radius 3 is 2.41 bits per heavy atom. The minimum Gasteiger partial charge on any atom is -0.358 e. The average molecular weight is 541 g/mol. The molecule has 5 rings (SSSR count). The third-order valence-electron chi connectivity index (χ3n) is 6.41. The van der Waals surface area contributed by atoms with Gasteiger partial charge in [0.05, 0.1) is 4.88 Å². The monoisotopic (exact) mass is 541 g/mol. The molecule has 2 N–H and O–H groups in total. The predicted molar refractivity (Wildman–Crippen MR) is 124 cm³/mol. The van der Waals surface area contributed by atoms with Crippen LogP contribution in [0.3, 0.4) is 0 Å². The number of aliphatic imine (C=N–C) groups is 2. The molecular formula is C23H17F6N5O2S. The fraction of sp³-hybridized carbons (Fsp3) is 0.304. The molecule has 0 aliphatic carbocycles. The Balaban J connectivity index is 1.64. The number of aromatic nitrogens is 1. The van der Waals surface area contributed by atoms with Crippen LogP contribution in [0.15, 0.2) is 51.8 Å². The quantitative estimate of drug-likeness (QED) is 0.457. The summed E-state index contributed by atoms with van der Waals surface area (Å²) in [6, 6.07) is 8.69. The molecular weight excluding hydrogens is 524 g/mol. The summed E-state index contributed by atoms with van der Waals surface area (Å²) in [5.74, 6) is -6.52. The maximum absolute atomic E-state index is 14.3. The summed E-state index contributed by atoms with van der Waals surface area (Å²) >= 11 is 0.828. The van der Waals surface area contributed by atoms with E-state index in [4.69, 9.17) is 0 Å². The lowest BCUT2D eigenvalue weighted by Gasteiger charge is -2.45. The van der Waals surface area contributed by atoms with Crippen molar-refractivity contribution in [3.8, 4) is 0 Å². The summed E-state index contributed by atoms with van der Waals surface area (Å²) in [4.78, 5) is 36.1. The Hall–Kier alpha value is -3.68. The van der Waals surface area contributed by atoms with Crippen LogP contribution in [0.1, 0.15) is 16.1 Å². The molecule has 2 aromatic heterocycles. The first-order valence-electron chi connectivity index (χ1n) is 10.9. The zero-order chi connectivity index (χ0) is 26.8. The Labute approximate surface area is 208 Å². The number of nitrogens with zero attached hydrogens (tertiary/aromatic N) is 3. The molecule has 37 heavy (non-hydrogen) atoms. The van der Waals surface area contributed by atoms with Gasteiger partial charge in [0.1, 0.15) is 11.8 Å². The van der Waals surface area contributed by atoms with E-state index in [2.05, 4.69) is 15.0 Å². The minimum absolute atomic E-state index is 0.0692. The standard InChI is InChI=1S/C23H17F6N5O2S/c1-11-12(13-5-2-3-6-14(13)30-11)8-9-34-18-16(19(35)32-20(34)36)21(22(24,25)26,23(27,28)29)33-17(31-18)15-7-4-10-37-15/h2-7,10,16,30H,8-9H2,1H3,(H,32,35,36). The molecule has 0 saturated carbocycles. The van der Waals surface area contributed by atoms with Crippen LogP contribution in [0.4, 0.5) is 31.1 Å². The molecule has 1 saturated heterocycles. The highest BCUT2D eigenvalue weighted by Gasteiger charge is 2.79. The largest absolute Gasteiger partial charge is 0.423 e. The van der Waals surface area contributed by atoms with E-state index in [-0.39, 0.29) is 17.8 Å². The van der Waals surface area contributed by atoms with Crippen molar-refractivity contribution < 1.29 is 35.9 Å². The molecule has 1 atom stereocenters. The Bertz CT molecular complexity index is 1440. The molecule has 4 heterocycles. The van der Waals surface area contributed by atoms with Gasteiger partial charge in [0, 0.05) is 23.1 Å². The number of carbonyl (C=O) groups excluding carboxylic acids is 2. The van der Waals surface area contributed by atoms with E-state index >= 15 is 0 Å². The van der Waals surface area contributed by atoms with Crippen LogP contribution in [-0.4, -0.2) is 57.9 Å². The van der Waals surface area contributed by atoms with Crippen molar-refractivity contribution in [1.82, 2.24) is 15.2 Å². The van der Waals surface area contributed by atoms with Crippen molar-refractivity contribution in [1.29, 1.82) is 0 Å². The van der Waals surface area contributed by atoms with Gasteiger partial charge < -0.3 is 4.98 Å². The second kappa shape index (κ2) is 8.43. The molecule has 1 fully saturated rings. The van der Waals surface area contributed by atoms with Gasteiger partial charge in [-0.3, -0.25) is 15.0 Å². The third kappa shape index (κ3) is 3.81. The second-order valence-electron chi connectivity index (χ2n) is 8.55. The van der Waals surface area contributed by atoms with Crippen molar-refractivity contribution in [3.63, 3.8) is 0 Å². The highest BCUT2D eigenvalue weighted by Crippen LogP contribution is 2.53. The lowest BCUT2D eigenvalue weighted by Crippen LogP contribution is -2.73. The second-order valence-corrected chi connectivity index (χ2v) is 9.50. The molecule has 2 aliphatic rings. The molecule has 3 aromatic rings. The molecule has 3 amide bonds. The zero-order valence-electron chi connectivity index (χ0n) is 18.9. The van der Waals surface area contributed by atoms with Crippen molar-refractivity contribution >= 4 is 45.8 Å². The van der Waals surface area contributed by atoms with Crippen LogP contribution in [-0.2, 0) is 11.2 Å². The van der Waals surface area contributed by atoms with Crippen LogP contribution in [0.2, 0.25) is 0 Å². The van der Waals surface area contributed by atoms with Crippen LogP contribution < -0.4 is 5.32 Å². The number of rotatable bonds is 4. The number of urea groups is 1. The number of hydrogen-bond donors (Lipinski definition) is 2. The lowest BCUT2D eigenvalue weighted by atomic mass is 9.78. The molecule has 0 spiro atoms. The molecule has 0 bridgehead atoms. The first-order chi connectivity index (χ1) is 17.3. The Morgan fingerprint density at radius 2 is 1.76 bits per heavy atom. The normalized spacial score (nSPS) is 20.0. The number of alkyl halides is 6. The number of aryl methyl sites for hydroxylation is 1. The summed E-state index contributed by atoms with van der Waals surface area (Å²) in [5.41, 5.74) is -2.62. The van der Waals surface area contributed by atoms with Gasteiger partial charge in [0.25, 0.3) is 5.54 Å². The average Bonchev–Trinajstić information content (AvgIpc) is 3.44. The molecule has 0 radical (unpaired) electrons. The van der Waals surface area contributed by atoms with E-state index in [0.717, 1.165) is 33.5 Å². The van der Waals surface area contributed by atoms with Crippen LogP contribution in [0, 0.1) is 12.8 Å². The highest BCUT2D eigenvalue weighted by atomic mass is 32.1. The summed E-state index contributed by atoms with van der Waals surface area (Å²) in [5, 5.41) is 3.87. The van der Waals surface area contributed by atoms with E-state index in [9.17, 15) is 35.9 Å². The van der Waals surface area contributed by atoms with Gasteiger partial charge in [-0.15, -0.1) is 11.3 Å². The number of amides is 3. The van der Waals surface area contributed by atoms with E-state index < -0.39 is 47.4 Å². The summed E-state index contributed by atoms with van der Waals surface area (Å²) in [6.45, 7) is 1.43. The van der Waals surface area contributed by atoms with E-state index in [1.807, 2.05) is 6.07 Å². The van der Waals surface area contributed by atoms with Gasteiger partial charge in [-0.2, -0.15) is 26.3 Å². The molecule has 7 nitrogen and oxygen atoms in total. The predicted octanol–water partition coefficient (Wildman–Crippen LogP) is 4.97. The Morgan fingerprint density at radius 1 is 1.05 bits per heavy atom. The van der Waals surface area contributed by atoms with E-state index in [1.165, 1.54) is 17.5 Å². The highest BCUT2D eigenvalue weighted by molar-refractivity contribution is 7.12. The van der Waals surface area contributed by atoms with Crippen LogP contribution in [0.25, 0.3) is 10.9 Å². The van der Waals surface area contributed by atoms with E-state index in [0.29, 0.717) is 4.90 Å². The smallest absolute Gasteiger partial charge is 0.358 e. The number of imide groups is 1. The zero-order valence-corrected chi connectivity index (χ0v) is 19.7. The number of thiophene rings is 1. The van der Waals surface area contributed by atoms with Crippen molar-refractivity contribution in [3.05, 3.63) is 57.9 Å². The number of nitrogens with one attached hydrogen (secondary N) is 2. The van der Waals surface area contributed by atoms with Gasteiger partial charge in [-0.25, -0.2) is 14.8 Å². The molecule has 1 aromatic carbocycles. The van der Waals surface area contributed by atoms with Crippen LogP contribution >= 0.6 is 11.3 Å². The minimum atomic E-state index is -6.03. The fourth-order valence-electron chi connectivity index (χ4n) is 4.72. The van der Waals surface area contributed by atoms with Crippen LogP contribution in [0.5, 0.6) is 0 Å². The first kappa shape index (κ1) is 25.0. The topological polar surface area (TPSA) is 89.9 Å². The SMILES string of the molecule is Cc1[nH]c2ccccc2c1CCN1C(=O)NC(=O)C2C1=NC(c1cccs1)=NC2(C(F)(F)F)C(F)(F)F. The number of halogens is 6. The number of hydrogen-bond acceptors (Lipinski definition) is 5. The molecule has 1 unspecified atom stereocenters. The summed E-state index contributed by atoms with van der Waals surface area (Å²) < 4.78 is 86.1. The number of aromatic amines is 1. The van der Waals surface area contributed by atoms with Gasteiger partial charge in [-0.1, -0.05) is 24.3 Å². The number of benzene rings is 1. The number of amidine groups is 2. The number of carbonyl (C=O) groups is 2. The number of para-hydroxylation sites is 1. The maximum Gasteiger partial charge on any atom is 0.423 e. The number of fused-ring (bicyclic) bond motifs is 2. The summed E-state index contributed by atoms with van der Waals surface area (Å²) in [6.07, 6.45) is -12.0. The van der Waals surface area contributed by atoms with Crippen molar-refractivity contribution in [2.45, 2.75) is 31.2 Å². The summed E-state index contributed by atoms with van der Waals surface area (Å²) in [7, 11) is 0. The fourth-order valence-corrected chi connectivity index (χ4v) is 5.37. The van der Waals surface area contributed by atoms with Gasteiger partial charge in [-0.05, 0) is 36.4 Å².